The molecule has 0 unspecified atom stereocenters. The van der Waals surface area contributed by atoms with Crippen molar-refractivity contribution in [1.82, 2.24) is 3.71 Å². The van der Waals surface area contributed by atoms with Gasteiger partial charge in [-0.05, 0) is 31.4 Å². The smallest absolute Gasteiger partial charge is 0.292 e. The second kappa shape index (κ2) is 5.54. The van der Waals surface area contributed by atoms with Crippen LogP contribution in [0, 0.1) is 0 Å². The maximum Gasteiger partial charge on any atom is 0.437 e. The Morgan fingerprint density at radius 2 is 1.38 bits per heavy atom. The largest absolute Gasteiger partial charge is 0.437 e. The molecule has 0 atom stereocenters. The van der Waals surface area contributed by atoms with E-state index in [2.05, 4.69) is 0 Å². The first-order valence-corrected chi connectivity index (χ1v) is 6.04. The van der Waals surface area contributed by atoms with Crippen molar-refractivity contribution in [2.75, 3.05) is 0 Å². The second-order valence-corrected chi connectivity index (χ2v) is 6.07. The lowest BCUT2D eigenvalue weighted by molar-refractivity contribution is 0.131. The Morgan fingerprint density at radius 3 is 1.54 bits per heavy atom. The molecule has 4 nitrogen and oxygen atoms in total. The van der Waals surface area contributed by atoms with Crippen LogP contribution in [0.2, 0.25) is 0 Å². The molecule has 0 bridgehead atoms. The molecule has 0 N–H and O–H groups in total. The minimum atomic E-state index is -3.54. The van der Waals surface area contributed by atoms with E-state index in [9.17, 15) is 4.57 Å². The molecule has 0 aromatic carbocycles. The molecular formula is C6H14Cl2NO3P. The molecule has 0 aromatic heterocycles. The Kier molecular flexibility index (Phi) is 5.84. The lowest BCUT2D eigenvalue weighted by Crippen LogP contribution is -2.12. The Bertz CT molecular complexity index is 184. The Hall–Kier alpha value is 0.690. The van der Waals surface area contributed by atoms with Gasteiger partial charge in [0.1, 0.15) is 0 Å². The van der Waals surface area contributed by atoms with Crippen molar-refractivity contribution >= 4 is 31.3 Å². The first-order chi connectivity index (χ1) is 5.78. The van der Waals surface area contributed by atoms with Crippen LogP contribution in [0.15, 0.2) is 0 Å². The molecule has 0 aliphatic heterocycles. The third kappa shape index (κ3) is 5.21. The molecule has 0 saturated carbocycles. The van der Waals surface area contributed by atoms with Gasteiger partial charge in [0, 0.05) is 23.6 Å². The van der Waals surface area contributed by atoms with Crippen molar-refractivity contribution in [2.24, 2.45) is 0 Å². The lowest BCUT2D eigenvalue weighted by atomic mass is 10.5. The van der Waals surface area contributed by atoms with Crippen LogP contribution < -0.4 is 0 Å². The average molecular weight is 250 g/mol. The Morgan fingerprint density at radius 1 is 1.08 bits per heavy atom. The highest BCUT2D eigenvalue weighted by Gasteiger charge is 2.34. The molecule has 0 aliphatic rings. The molecule has 0 fully saturated rings. The number of nitrogens with zero attached hydrogens (tertiary/aromatic N) is 1. The van der Waals surface area contributed by atoms with Crippen molar-refractivity contribution in [1.29, 1.82) is 0 Å². The molecule has 80 valence electrons. The number of rotatable bonds is 5. The van der Waals surface area contributed by atoms with E-state index < -0.39 is 7.75 Å². The van der Waals surface area contributed by atoms with E-state index in [-0.39, 0.29) is 12.2 Å². The minimum Gasteiger partial charge on any atom is -0.292 e. The SMILES string of the molecule is CC(C)OP(=O)(OC(C)C)N(Cl)Cl. The third-order valence-corrected chi connectivity index (χ3v) is 3.73. The Balaban J connectivity index is 4.45. The molecule has 0 aliphatic carbocycles. The minimum absolute atomic E-state index is 0.274. The first kappa shape index (κ1) is 13.7. The van der Waals surface area contributed by atoms with Crippen LogP contribution in [0.5, 0.6) is 0 Å². The summed E-state index contributed by atoms with van der Waals surface area (Å²) in [5.74, 6) is 0. The highest BCUT2D eigenvalue weighted by molar-refractivity contribution is 7.54. The molecule has 0 aromatic rings. The van der Waals surface area contributed by atoms with Crippen molar-refractivity contribution in [3.63, 3.8) is 0 Å². The molecule has 0 rings (SSSR count). The van der Waals surface area contributed by atoms with Gasteiger partial charge in [-0.2, -0.15) is 0 Å². The van der Waals surface area contributed by atoms with E-state index in [1.54, 1.807) is 27.7 Å². The van der Waals surface area contributed by atoms with E-state index in [0.717, 1.165) is 0 Å². The third-order valence-electron chi connectivity index (χ3n) is 0.873. The van der Waals surface area contributed by atoms with Gasteiger partial charge in [0.05, 0.1) is 12.2 Å². The summed E-state index contributed by atoms with van der Waals surface area (Å²) in [7, 11) is -3.54. The second-order valence-electron chi connectivity index (χ2n) is 2.99. The molecule has 0 heterocycles. The maximum absolute atomic E-state index is 11.8. The van der Waals surface area contributed by atoms with Crippen molar-refractivity contribution in [3.8, 4) is 0 Å². The summed E-state index contributed by atoms with van der Waals surface area (Å²) in [5, 5.41) is 0. The quantitative estimate of drug-likeness (QED) is 0.552. The average Bonchev–Trinajstić information content (AvgIpc) is 1.82. The highest BCUT2D eigenvalue weighted by atomic mass is 35.5. The summed E-state index contributed by atoms with van der Waals surface area (Å²) < 4.78 is 22.2. The molecule has 0 saturated heterocycles. The zero-order valence-electron chi connectivity index (χ0n) is 8.03. The van der Waals surface area contributed by atoms with Gasteiger partial charge in [-0.15, -0.1) is 0 Å². The molecule has 0 spiro atoms. The van der Waals surface area contributed by atoms with E-state index in [1.165, 1.54) is 0 Å². The van der Waals surface area contributed by atoms with Crippen LogP contribution in [-0.2, 0) is 13.6 Å². The number of hydrogen-bond donors (Lipinski definition) is 0. The van der Waals surface area contributed by atoms with E-state index in [1.807, 2.05) is 0 Å². The Labute approximate surface area is 88.9 Å². The topological polar surface area (TPSA) is 38.8 Å². The fraction of sp³-hybridized carbons (Fsp3) is 1.00. The fourth-order valence-corrected chi connectivity index (χ4v) is 2.31. The van der Waals surface area contributed by atoms with Crippen LogP contribution in [0.4, 0.5) is 0 Å². The van der Waals surface area contributed by atoms with Crippen molar-refractivity contribution in [3.05, 3.63) is 0 Å². The van der Waals surface area contributed by atoms with Crippen LogP contribution >= 0.6 is 31.3 Å². The first-order valence-electron chi connectivity index (χ1n) is 3.87. The van der Waals surface area contributed by atoms with Gasteiger partial charge in [0.2, 0.25) is 0 Å². The van der Waals surface area contributed by atoms with Gasteiger partial charge in [0.25, 0.3) is 0 Å². The summed E-state index contributed by atoms with van der Waals surface area (Å²) in [6.45, 7) is 6.86. The van der Waals surface area contributed by atoms with Crippen LogP contribution in [0.3, 0.4) is 0 Å². The summed E-state index contributed by atoms with van der Waals surface area (Å²) in [6.07, 6.45) is -0.547. The lowest BCUT2D eigenvalue weighted by Gasteiger charge is -2.23. The van der Waals surface area contributed by atoms with Gasteiger partial charge < -0.3 is 0 Å². The molecule has 13 heavy (non-hydrogen) atoms. The number of hydrogen-bond acceptors (Lipinski definition) is 3. The summed E-state index contributed by atoms with van der Waals surface area (Å²) in [5.41, 5.74) is 0. The van der Waals surface area contributed by atoms with Gasteiger partial charge >= 0.3 is 7.75 Å². The van der Waals surface area contributed by atoms with Gasteiger partial charge in [0.15, 0.2) is 0 Å². The van der Waals surface area contributed by atoms with Gasteiger partial charge in [-0.25, -0.2) is 4.57 Å². The predicted octanol–water partition coefficient (Wildman–Crippen LogP) is 3.55. The predicted molar refractivity (Wildman–Crippen MR) is 53.6 cm³/mol. The van der Waals surface area contributed by atoms with Crippen LogP contribution in [0.1, 0.15) is 27.7 Å². The summed E-state index contributed by atoms with van der Waals surface area (Å²) in [4.78, 5) is 0. The normalized spacial score (nSPS) is 13.3. The zero-order chi connectivity index (χ0) is 10.6. The van der Waals surface area contributed by atoms with Crippen LogP contribution in [0.25, 0.3) is 0 Å². The van der Waals surface area contributed by atoms with Crippen molar-refractivity contribution < 1.29 is 13.6 Å². The van der Waals surface area contributed by atoms with Gasteiger partial charge in [-0.1, -0.05) is 0 Å². The zero-order valence-corrected chi connectivity index (χ0v) is 10.4. The maximum atomic E-state index is 11.8. The van der Waals surface area contributed by atoms with E-state index in [0.29, 0.717) is 3.71 Å². The summed E-state index contributed by atoms with van der Waals surface area (Å²) in [6, 6.07) is 0. The molecule has 0 radical (unpaired) electrons. The standard InChI is InChI=1S/C6H14Cl2NO3P/c1-5(2)11-13(10,9(7)8)12-6(3)4/h5-6H,1-4H3. The van der Waals surface area contributed by atoms with Crippen LogP contribution in [-0.4, -0.2) is 15.9 Å². The molecule has 7 heteroatoms. The summed E-state index contributed by atoms with van der Waals surface area (Å²) >= 11 is 10.7. The van der Waals surface area contributed by atoms with E-state index in [4.69, 9.17) is 32.6 Å². The fourth-order valence-electron chi connectivity index (χ4n) is 0.629. The molecular weight excluding hydrogens is 236 g/mol. The van der Waals surface area contributed by atoms with E-state index >= 15 is 0 Å². The highest BCUT2D eigenvalue weighted by Crippen LogP contribution is 2.56. The molecule has 0 amide bonds. The monoisotopic (exact) mass is 249 g/mol. The van der Waals surface area contributed by atoms with Crippen molar-refractivity contribution in [2.45, 2.75) is 39.9 Å². The van der Waals surface area contributed by atoms with Gasteiger partial charge in [-0.3, -0.25) is 9.05 Å². The number of halogens is 2.